The molecule has 4 N–H and O–H groups in total. The number of hydrazine groups is 1. The van der Waals surface area contributed by atoms with Crippen molar-refractivity contribution in [2.45, 2.75) is 24.4 Å². The Hall–Kier alpha value is -5.72. The molecule has 0 bridgehead atoms. The van der Waals surface area contributed by atoms with Crippen LogP contribution in [0.25, 0.3) is 22.3 Å². The molecular formula is C44H38N4O. The van der Waals surface area contributed by atoms with E-state index >= 15 is 0 Å². The van der Waals surface area contributed by atoms with Crippen LogP contribution in [0.2, 0.25) is 0 Å². The Morgan fingerprint density at radius 3 is 2.22 bits per heavy atom. The molecule has 2 heterocycles. The van der Waals surface area contributed by atoms with Gasteiger partial charge in [0.25, 0.3) is 0 Å². The fraction of sp³-hybridized carbons (Fsp3) is 0.0909. The van der Waals surface area contributed by atoms with E-state index in [0.29, 0.717) is 0 Å². The van der Waals surface area contributed by atoms with Gasteiger partial charge in [0.2, 0.25) is 0 Å². The normalized spacial score (nSPS) is 20.9. The van der Waals surface area contributed by atoms with Gasteiger partial charge in [0.05, 0.1) is 12.3 Å². The van der Waals surface area contributed by atoms with Crippen molar-refractivity contribution in [3.8, 4) is 16.9 Å². The highest BCUT2D eigenvalue weighted by atomic mass is 16.5. The number of hydrogen-bond donors (Lipinski definition) is 4. The highest BCUT2D eigenvalue weighted by Gasteiger charge is 2.37. The molecule has 2 aliphatic heterocycles. The van der Waals surface area contributed by atoms with E-state index < -0.39 is 0 Å². The van der Waals surface area contributed by atoms with Crippen LogP contribution in [0.3, 0.4) is 0 Å². The summed E-state index contributed by atoms with van der Waals surface area (Å²) in [4.78, 5) is 0. The Bertz CT molecular complexity index is 2080. The van der Waals surface area contributed by atoms with Gasteiger partial charge >= 0.3 is 0 Å². The SMILES string of the molecule is C=C(/C=C\C=C/Nc1cccc(C2NNC(c3ccccc3)N2)c1)c1ccc(C2C=CC=C3c4cccc(-c5ccccc5)c4OC32)cc1. The summed E-state index contributed by atoms with van der Waals surface area (Å²) in [5, 5.41) is 6.98. The Labute approximate surface area is 288 Å². The lowest BCUT2D eigenvalue weighted by Crippen LogP contribution is -2.26. The summed E-state index contributed by atoms with van der Waals surface area (Å²) in [5.74, 6) is 1.10. The first kappa shape index (κ1) is 30.6. The summed E-state index contributed by atoms with van der Waals surface area (Å²) in [6.45, 7) is 4.32. The molecule has 49 heavy (non-hydrogen) atoms. The molecule has 3 aliphatic rings. The highest BCUT2D eigenvalue weighted by molar-refractivity contribution is 5.87. The number of para-hydroxylation sites is 1. The van der Waals surface area contributed by atoms with Gasteiger partial charge in [-0.05, 0) is 51.6 Å². The molecule has 4 atom stereocenters. The maximum absolute atomic E-state index is 6.73. The summed E-state index contributed by atoms with van der Waals surface area (Å²) in [7, 11) is 0. The van der Waals surface area contributed by atoms with Crippen LogP contribution in [0.1, 0.15) is 46.1 Å². The minimum Gasteiger partial charge on any atom is -0.483 e. The van der Waals surface area contributed by atoms with Crippen LogP contribution in [0.15, 0.2) is 177 Å². The van der Waals surface area contributed by atoms with Crippen molar-refractivity contribution in [2.24, 2.45) is 0 Å². The number of ether oxygens (including phenoxy) is 1. The Morgan fingerprint density at radius 1 is 0.694 bits per heavy atom. The molecule has 1 fully saturated rings. The van der Waals surface area contributed by atoms with E-state index in [0.717, 1.165) is 33.7 Å². The maximum Gasteiger partial charge on any atom is 0.135 e. The van der Waals surface area contributed by atoms with Crippen LogP contribution < -0.4 is 26.2 Å². The van der Waals surface area contributed by atoms with Gasteiger partial charge in [0.15, 0.2) is 0 Å². The first-order valence-electron chi connectivity index (χ1n) is 16.8. The Kier molecular flexibility index (Phi) is 8.61. The number of benzene rings is 5. The lowest BCUT2D eigenvalue weighted by Gasteiger charge is -2.25. The molecule has 5 heteroatoms. The fourth-order valence-electron chi connectivity index (χ4n) is 6.81. The Balaban J connectivity index is 0.876. The number of anilines is 1. The quantitative estimate of drug-likeness (QED) is 0.121. The average molecular weight is 639 g/mol. The van der Waals surface area contributed by atoms with Crippen molar-refractivity contribution in [3.63, 3.8) is 0 Å². The van der Waals surface area contributed by atoms with Crippen molar-refractivity contribution in [1.82, 2.24) is 16.2 Å². The Morgan fingerprint density at radius 2 is 1.41 bits per heavy atom. The monoisotopic (exact) mass is 638 g/mol. The summed E-state index contributed by atoms with van der Waals surface area (Å²) in [6.07, 6.45) is 14.6. The predicted octanol–water partition coefficient (Wildman–Crippen LogP) is 9.44. The second-order valence-corrected chi connectivity index (χ2v) is 12.5. The van der Waals surface area contributed by atoms with Gasteiger partial charge in [-0.3, -0.25) is 5.32 Å². The van der Waals surface area contributed by atoms with E-state index in [2.05, 4.69) is 162 Å². The van der Waals surface area contributed by atoms with E-state index in [1.165, 1.54) is 27.8 Å². The summed E-state index contributed by atoms with van der Waals surface area (Å²) >= 11 is 0. The summed E-state index contributed by atoms with van der Waals surface area (Å²) in [5.41, 5.74) is 18.0. The largest absolute Gasteiger partial charge is 0.483 e. The van der Waals surface area contributed by atoms with Crippen LogP contribution >= 0.6 is 0 Å². The molecule has 1 saturated heterocycles. The van der Waals surface area contributed by atoms with E-state index in [-0.39, 0.29) is 24.4 Å². The summed E-state index contributed by atoms with van der Waals surface area (Å²) in [6, 6.07) is 44.4. The van der Waals surface area contributed by atoms with Gasteiger partial charge in [-0.1, -0.05) is 152 Å². The van der Waals surface area contributed by atoms with Crippen LogP contribution in [-0.2, 0) is 0 Å². The fourth-order valence-corrected chi connectivity index (χ4v) is 6.81. The standard InChI is InChI=1S/C44H38N4O/c1-30(13-8-9-28-45-36-19-10-18-35(29-36)44-46-43(47-48-44)34-16-6-3-7-17-34)31-24-26-33(27-25-31)38-21-12-23-40-39-22-11-20-37(41(39)49-42(38)40)32-14-4-2-5-15-32/h2-29,38,42-48H,1H2/b13-8-,28-9-. The van der Waals surface area contributed by atoms with Gasteiger partial charge in [-0.15, -0.1) is 0 Å². The van der Waals surface area contributed by atoms with E-state index in [4.69, 9.17) is 4.74 Å². The van der Waals surface area contributed by atoms with E-state index in [9.17, 15) is 0 Å². The van der Waals surface area contributed by atoms with Crippen LogP contribution in [-0.4, -0.2) is 6.10 Å². The molecule has 1 aliphatic carbocycles. The minimum absolute atomic E-state index is 0.00711. The number of fused-ring (bicyclic) bond motifs is 3. The predicted molar refractivity (Wildman–Crippen MR) is 201 cm³/mol. The van der Waals surface area contributed by atoms with Crippen molar-refractivity contribution in [1.29, 1.82) is 0 Å². The van der Waals surface area contributed by atoms with Crippen LogP contribution in [0, 0.1) is 0 Å². The smallest absolute Gasteiger partial charge is 0.135 e. The molecule has 0 aromatic heterocycles. The molecule has 0 spiro atoms. The first-order valence-corrected chi connectivity index (χ1v) is 16.8. The molecule has 4 unspecified atom stereocenters. The molecule has 240 valence electrons. The molecular weight excluding hydrogens is 601 g/mol. The third-order valence-corrected chi connectivity index (χ3v) is 9.36. The second kappa shape index (κ2) is 13.8. The maximum atomic E-state index is 6.73. The van der Waals surface area contributed by atoms with Crippen molar-refractivity contribution in [2.75, 3.05) is 5.32 Å². The van der Waals surface area contributed by atoms with Gasteiger partial charge in [0, 0.05) is 34.5 Å². The van der Waals surface area contributed by atoms with E-state index in [1.807, 2.05) is 36.6 Å². The molecule has 5 nitrogen and oxygen atoms in total. The van der Waals surface area contributed by atoms with Crippen LogP contribution in [0.5, 0.6) is 5.75 Å². The number of hydrogen-bond acceptors (Lipinski definition) is 5. The molecule has 8 rings (SSSR count). The number of allylic oxidation sites excluding steroid dienone is 6. The molecule has 0 saturated carbocycles. The topological polar surface area (TPSA) is 57.3 Å². The van der Waals surface area contributed by atoms with Gasteiger partial charge in [-0.25, -0.2) is 10.9 Å². The highest BCUT2D eigenvalue weighted by Crippen LogP contribution is 2.49. The number of nitrogens with one attached hydrogen (secondary N) is 4. The van der Waals surface area contributed by atoms with Crippen molar-refractivity contribution in [3.05, 3.63) is 204 Å². The number of rotatable bonds is 9. The zero-order chi connectivity index (χ0) is 33.0. The third-order valence-electron chi connectivity index (χ3n) is 9.36. The zero-order valence-corrected chi connectivity index (χ0v) is 27.1. The zero-order valence-electron chi connectivity index (χ0n) is 27.1. The second-order valence-electron chi connectivity index (χ2n) is 12.5. The van der Waals surface area contributed by atoms with Gasteiger partial charge in [-0.2, -0.15) is 0 Å². The van der Waals surface area contributed by atoms with Gasteiger partial charge < -0.3 is 10.1 Å². The van der Waals surface area contributed by atoms with Crippen molar-refractivity contribution >= 4 is 16.8 Å². The molecule has 5 aromatic rings. The summed E-state index contributed by atoms with van der Waals surface area (Å²) < 4.78 is 6.73. The lowest BCUT2D eigenvalue weighted by molar-refractivity contribution is 0.259. The minimum atomic E-state index is -0.0503. The van der Waals surface area contributed by atoms with Crippen molar-refractivity contribution < 1.29 is 4.74 Å². The molecule has 5 aromatic carbocycles. The van der Waals surface area contributed by atoms with Gasteiger partial charge in [0.1, 0.15) is 11.9 Å². The van der Waals surface area contributed by atoms with E-state index in [1.54, 1.807) is 0 Å². The molecule has 0 radical (unpaired) electrons. The van der Waals surface area contributed by atoms with Crippen LogP contribution in [0.4, 0.5) is 5.69 Å². The third kappa shape index (κ3) is 6.43. The lowest BCUT2D eigenvalue weighted by atomic mass is 9.83. The average Bonchev–Trinajstić information content (AvgIpc) is 3.82. The first-order chi connectivity index (χ1) is 24.2. The molecule has 0 amide bonds.